The Morgan fingerprint density at radius 2 is 2.00 bits per heavy atom. The molecule has 0 aromatic heterocycles. The molecule has 1 aromatic rings. The summed E-state index contributed by atoms with van der Waals surface area (Å²) in [6.45, 7) is 4.32. The minimum absolute atomic E-state index is 0.988. The zero-order valence-corrected chi connectivity index (χ0v) is 8.79. The Hall–Kier alpha value is -0.550. The minimum Gasteiger partial charge on any atom is -0.480 e. The fraction of sp³-hybridized carbons (Fsp3) is 0.400. The van der Waals surface area contributed by atoms with E-state index in [0.717, 1.165) is 18.6 Å². The third-order valence-corrected chi connectivity index (χ3v) is 2.35. The Kier molecular flexibility index (Phi) is 3.55. The van der Waals surface area contributed by atoms with Crippen molar-refractivity contribution in [2.45, 2.75) is 26.7 Å². The quantitative estimate of drug-likeness (QED) is 0.653. The van der Waals surface area contributed by atoms with Crippen LogP contribution in [0.4, 0.5) is 0 Å². The molecule has 2 heteroatoms. The van der Waals surface area contributed by atoms with Crippen LogP contribution in [-0.2, 0) is 12.8 Å². The van der Waals surface area contributed by atoms with Gasteiger partial charge in [-0.3, -0.25) is 0 Å². The molecule has 0 amide bonds. The van der Waals surface area contributed by atoms with Crippen molar-refractivity contribution in [3.8, 4) is 5.75 Å². The molecular weight excluding hydrogens is 167 g/mol. The highest BCUT2D eigenvalue weighted by molar-refractivity contribution is 7.10. The SMILES string of the molecule is CCc1cccc(OP)c1CC. The largest absolute Gasteiger partial charge is 0.480 e. The average molecular weight is 182 g/mol. The van der Waals surface area contributed by atoms with Gasteiger partial charge in [0.05, 0.1) is 9.47 Å². The van der Waals surface area contributed by atoms with E-state index in [0.29, 0.717) is 0 Å². The third-order valence-electron chi connectivity index (χ3n) is 2.09. The maximum absolute atomic E-state index is 5.20. The minimum atomic E-state index is 0.988. The first-order chi connectivity index (χ1) is 5.83. The normalized spacial score (nSPS) is 9.92. The Balaban J connectivity index is 3.13. The molecule has 0 bridgehead atoms. The lowest BCUT2D eigenvalue weighted by Crippen LogP contribution is -1.92. The summed E-state index contributed by atoms with van der Waals surface area (Å²) in [5.74, 6) is 0.988. The van der Waals surface area contributed by atoms with E-state index >= 15 is 0 Å². The van der Waals surface area contributed by atoms with Crippen molar-refractivity contribution in [1.29, 1.82) is 0 Å². The van der Waals surface area contributed by atoms with Crippen LogP contribution < -0.4 is 4.52 Å². The van der Waals surface area contributed by atoms with E-state index < -0.39 is 0 Å². The van der Waals surface area contributed by atoms with Crippen LogP contribution in [0.15, 0.2) is 18.2 Å². The van der Waals surface area contributed by atoms with Gasteiger partial charge in [-0.15, -0.1) is 0 Å². The van der Waals surface area contributed by atoms with Crippen LogP contribution in [0.1, 0.15) is 25.0 Å². The van der Waals surface area contributed by atoms with Gasteiger partial charge >= 0.3 is 0 Å². The fourth-order valence-electron chi connectivity index (χ4n) is 1.45. The maximum Gasteiger partial charge on any atom is 0.125 e. The highest BCUT2D eigenvalue weighted by atomic mass is 31.0. The average Bonchev–Trinajstić information content (AvgIpc) is 2.16. The summed E-state index contributed by atoms with van der Waals surface area (Å²) in [4.78, 5) is 0. The molecule has 0 fully saturated rings. The van der Waals surface area contributed by atoms with E-state index in [2.05, 4.69) is 29.4 Å². The molecule has 1 rings (SSSR count). The third kappa shape index (κ3) is 1.78. The van der Waals surface area contributed by atoms with Crippen molar-refractivity contribution >= 4 is 9.47 Å². The van der Waals surface area contributed by atoms with Crippen LogP contribution >= 0.6 is 9.47 Å². The Morgan fingerprint density at radius 3 is 2.50 bits per heavy atom. The Morgan fingerprint density at radius 1 is 1.25 bits per heavy atom. The van der Waals surface area contributed by atoms with Gasteiger partial charge in [-0.25, -0.2) is 0 Å². The molecule has 0 N–H and O–H groups in total. The molecule has 0 heterocycles. The molecule has 0 aliphatic carbocycles. The molecule has 0 spiro atoms. The molecule has 1 unspecified atom stereocenters. The number of rotatable bonds is 3. The first-order valence-electron chi connectivity index (χ1n) is 4.31. The standard InChI is InChI=1S/C10H15OP/c1-3-8-6-5-7-10(11-12)9(8)4-2/h5-7H,3-4,12H2,1-2H3. The molecule has 1 nitrogen and oxygen atoms in total. The molecule has 0 radical (unpaired) electrons. The van der Waals surface area contributed by atoms with Gasteiger partial charge in [-0.2, -0.15) is 0 Å². The molecule has 0 saturated heterocycles. The number of hydrogen-bond acceptors (Lipinski definition) is 1. The lowest BCUT2D eigenvalue weighted by atomic mass is 10.0. The number of hydrogen-bond donors (Lipinski definition) is 0. The van der Waals surface area contributed by atoms with Gasteiger partial charge in [-0.05, 0) is 30.0 Å². The molecule has 1 aromatic carbocycles. The van der Waals surface area contributed by atoms with E-state index in [1.54, 1.807) is 0 Å². The van der Waals surface area contributed by atoms with Crippen molar-refractivity contribution in [2.24, 2.45) is 0 Å². The van der Waals surface area contributed by atoms with Crippen molar-refractivity contribution in [3.05, 3.63) is 29.3 Å². The van der Waals surface area contributed by atoms with Gasteiger partial charge < -0.3 is 4.52 Å². The summed E-state index contributed by atoms with van der Waals surface area (Å²) in [5, 5.41) is 0. The summed E-state index contributed by atoms with van der Waals surface area (Å²) < 4.78 is 5.20. The van der Waals surface area contributed by atoms with Gasteiger partial charge in [0.2, 0.25) is 0 Å². The maximum atomic E-state index is 5.20. The monoisotopic (exact) mass is 182 g/mol. The number of benzene rings is 1. The highest BCUT2D eigenvalue weighted by Gasteiger charge is 2.04. The van der Waals surface area contributed by atoms with Gasteiger partial charge in [0, 0.05) is 0 Å². The molecule has 12 heavy (non-hydrogen) atoms. The topological polar surface area (TPSA) is 9.23 Å². The second-order valence-corrected chi connectivity index (χ2v) is 2.95. The molecule has 0 aliphatic rings. The van der Waals surface area contributed by atoms with Crippen LogP contribution in [0.5, 0.6) is 5.75 Å². The second-order valence-electron chi connectivity index (χ2n) is 2.72. The summed E-state index contributed by atoms with van der Waals surface area (Å²) in [7, 11) is 2.30. The summed E-state index contributed by atoms with van der Waals surface area (Å²) in [6.07, 6.45) is 2.11. The van der Waals surface area contributed by atoms with Crippen LogP contribution in [0.25, 0.3) is 0 Å². The van der Waals surface area contributed by atoms with E-state index in [4.69, 9.17) is 4.52 Å². The van der Waals surface area contributed by atoms with Crippen molar-refractivity contribution in [2.75, 3.05) is 0 Å². The first-order valence-corrected chi connectivity index (χ1v) is 4.78. The zero-order chi connectivity index (χ0) is 8.97. The molecular formula is C10H15OP. The molecule has 0 saturated carbocycles. The fourth-order valence-corrected chi connectivity index (χ4v) is 1.67. The highest BCUT2D eigenvalue weighted by Crippen LogP contribution is 2.24. The van der Waals surface area contributed by atoms with E-state index in [9.17, 15) is 0 Å². The van der Waals surface area contributed by atoms with Crippen LogP contribution in [0.2, 0.25) is 0 Å². The van der Waals surface area contributed by atoms with Crippen molar-refractivity contribution in [3.63, 3.8) is 0 Å². The van der Waals surface area contributed by atoms with E-state index in [-0.39, 0.29) is 0 Å². The predicted molar refractivity (Wildman–Crippen MR) is 55.5 cm³/mol. The predicted octanol–water partition coefficient (Wildman–Crippen LogP) is 2.98. The summed E-state index contributed by atoms with van der Waals surface area (Å²) in [5.41, 5.74) is 2.72. The lowest BCUT2D eigenvalue weighted by molar-refractivity contribution is 0.633. The van der Waals surface area contributed by atoms with Crippen LogP contribution in [-0.4, -0.2) is 0 Å². The first kappa shape index (κ1) is 9.54. The van der Waals surface area contributed by atoms with Gasteiger partial charge in [0.25, 0.3) is 0 Å². The summed E-state index contributed by atoms with van der Waals surface area (Å²) >= 11 is 0. The zero-order valence-electron chi connectivity index (χ0n) is 7.63. The number of aryl methyl sites for hydroxylation is 1. The van der Waals surface area contributed by atoms with E-state index in [1.807, 2.05) is 12.1 Å². The lowest BCUT2D eigenvalue weighted by Gasteiger charge is -2.10. The van der Waals surface area contributed by atoms with Crippen molar-refractivity contribution in [1.82, 2.24) is 0 Å². The Bertz CT molecular complexity index is 236. The van der Waals surface area contributed by atoms with Crippen molar-refractivity contribution < 1.29 is 4.52 Å². The second kappa shape index (κ2) is 4.47. The van der Waals surface area contributed by atoms with Crippen LogP contribution in [0, 0.1) is 0 Å². The van der Waals surface area contributed by atoms with Gasteiger partial charge in [0.1, 0.15) is 5.75 Å². The van der Waals surface area contributed by atoms with Crippen LogP contribution in [0.3, 0.4) is 0 Å². The van der Waals surface area contributed by atoms with Gasteiger partial charge in [-0.1, -0.05) is 26.0 Å². The molecule has 1 atom stereocenters. The Labute approximate surface area is 76.4 Å². The van der Waals surface area contributed by atoms with Gasteiger partial charge in [0.15, 0.2) is 0 Å². The molecule has 66 valence electrons. The summed E-state index contributed by atoms with van der Waals surface area (Å²) in [6, 6.07) is 6.20. The van der Waals surface area contributed by atoms with E-state index in [1.165, 1.54) is 11.1 Å². The smallest absolute Gasteiger partial charge is 0.125 e. The molecule has 0 aliphatic heterocycles.